The van der Waals surface area contributed by atoms with Crippen LogP contribution in [0.1, 0.15) is 111 Å². The molecule has 0 saturated carbocycles. The highest BCUT2D eigenvalue weighted by atomic mass is 32.1. The predicted molar refractivity (Wildman–Crippen MR) is 220 cm³/mol. The van der Waals surface area contributed by atoms with E-state index in [4.69, 9.17) is 18.6 Å². The topological polar surface area (TPSA) is 87.1 Å². The Hall–Kier alpha value is -2.56. The van der Waals surface area contributed by atoms with Crippen molar-refractivity contribution in [3.63, 3.8) is 0 Å². The molecule has 2 aromatic rings. The van der Waals surface area contributed by atoms with Gasteiger partial charge >= 0.3 is 5.97 Å². The summed E-state index contributed by atoms with van der Waals surface area (Å²) in [4.78, 5) is 18.1. The van der Waals surface area contributed by atoms with E-state index in [1.165, 1.54) is 5.57 Å². The molecule has 0 bridgehead atoms. The van der Waals surface area contributed by atoms with Crippen LogP contribution in [0.5, 0.6) is 5.75 Å². The summed E-state index contributed by atoms with van der Waals surface area (Å²) in [6.07, 6.45) is 4.78. The number of ether oxygens (including phenoxy) is 3. The van der Waals surface area contributed by atoms with Gasteiger partial charge in [-0.05, 0) is 93.4 Å². The lowest BCUT2D eigenvalue weighted by atomic mass is 9.71. The quantitative estimate of drug-likeness (QED) is 0.0727. The van der Waals surface area contributed by atoms with Gasteiger partial charge in [-0.15, -0.1) is 24.5 Å². The van der Waals surface area contributed by atoms with Crippen LogP contribution in [0.3, 0.4) is 0 Å². The monoisotopic (exact) mass is 755 g/mol. The van der Waals surface area contributed by atoms with Gasteiger partial charge in [-0.2, -0.15) is 0 Å². The van der Waals surface area contributed by atoms with Crippen molar-refractivity contribution >= 4 is 31.7 Å². The lowest BCUT2D eigenvalue weighted by Gasteiger charge is -2.48. The van der Waals surface area contributed by atoms with E-state index in [1.54, 1.807) is 24.5 Å². The normalized spacial score (nSPS) is 16.4. The number of nitrogens with zero attached hydrogens (tertiary/aromatic N) is 1. The number of carbonyl (C=O) groups excluding carboxylic acids is 1. The molecule has 9 heteroatoms. The molecule has 1 aromatic heterocycles. The number of aryl methyl sites for hydroxylation is 1. The highest BCUT2D eigenvalue weighted by Crippen LogP contribution is 2.43. The standard InChI is InChI=1S/C43H69NO6SSi/c1-16-18-37(31(5)25-35-28-51-33(7)44-35)49-39(46)26-38(45)43(11,12)41(48-27-34-21-23-36(47-13)24-22-34)32(6)40(30(4)20-17-19-29(2)3)50-52(14,15)42(8,9)10/h16,21-25,28,30,32,37-38,40-41,45H,1-2,17-20,26-27H2,3-15H3/b31-25+/t30-,32+,37-,38-,40-,41+/m0/s1. The maximum atomic E-state index is 13.6. The first-order valence-electron chi connectivity index (χ1n) is 18.8. The number of aliphatic hydroxyl groups is 1. The van der Waals surface area contributed by atoms with Gasteiger partial charge in [0.2, 0.25) is 0 Å². The van der Waals surface area contributed by atoms with Crippen LogP contribution in [0.15, 0.2) is 60.0 Å². The zero-order chi connectivity index (χ0) is 39.4. The number of aliphatic hydroxyl groups excluding tert-OH is 1. The van der Waals surface area contributed by atoms with E-state index in [9.17, 15) is 9.90 Å². The third-order valence-corrected chi connectivity index (χ3v) is 16.0. The van der Waals surface area contributed by atoms with Crippen LogP contribution < -0.4 is 4.74 Å². The Morgan fingerprint density at radius 3 is 2.25 bits per heavy atom. The molecule has 0 saturated heterocycles. The van der Waals surface area contributed by atoms with Crippen LogP contribution in [0.25, 0.3) is 6.08 Å². The molecule has 6 atom stereocenters. The zero-order valence-electron chi connectivity index (χ0n) is 34.5. The molecule has 7 nitrogen and oxygen atoms in total. The van der Waals surface area contributed by atoms with E-state index >= 15 is 0 Å². The van der Waals surface area contributed by atoms with E-state index in [2.05, 4.69) is 72.8 Å². The molecule has 2 rings (SSSR count). The fourth-order valence-corrected chi connectivity index (χ4v) is 8.39. The third kappa shape index (κ3) is 13.7. The number of esters is 1. The van der Waals surface area contributed by atoms with Gasteiger partial charge in [-0.1, -0.05) is 72.2 Å². The highest BCUT2D eigenvalue weighted by Gasteiger charge is 2.48. The van der Waals surface area contributed by atoms with Gasteiger partial charge in [0.05, 0.1) is 49.2 Å². The summed E-state index contributed by atoms with van der Waals surface area (Å²) in [6.45, 7) is 34.1. The number of rotatable bonds is 22. The zero-order valence-corrected chi connectivity index (χ0v) is 36.3. The van der Waals surface area contributed by atoms with Crippen LogP contribution >= 0.6 is 11.3 Å². The lowest BCUT2D eigenvalue weighted by Crippen LogP contribution is -2.54. The van der Waals surface area contributed by atoms with Crippen molar-refractivity contribution in [3.05, 3.63) is 76.3 Å². The number of carbonyl (C=O) groups is 1. The van der Waals surface area contributed by atoms with Crippen molar-refractivity contribution in [2.75, 3.05) is 7.11 Å². The summed E-state index contributed by atoms with van der Waals surface area (Å²) in [6, 6.07) is 7.83. The average molecular weight is 756 g/mol. The number of benzene rings is 1. The smallest absolute Gasteiger partial charge is 0.309 e. The summed E-state index contributed by atoms with van der Waals surface area (Å²) in [7, 11) is -0.565. The number of aromatic nitrogens is 1. The van der Waals surface area contributed by atoms with Crippen molar-refractivity contribution in [3.8, 4) is 5.75 Å². The minimum absolute atomic E-state index is 0.00745. The van der Waals surface area contributed by atoms with Gasteiger partial charge in [0, 0.05) is 23.1 Å². The van der Waals surface area contributed by atoms with Crippen molar-refractivity contribution in [1.29, 1.82) is 0 Å². The molecule has 0 fully saturated rings. The van der Waals surface area contributed by atoms with Gasteiger partial charge in [-0.3, -0.25) is 4.79 Å². The van der Waals surface area contributed by atoms with E-state index in [0.717, 1.165) is 46.9 Å². The lowest BCUT2D eigenvalue weighted by molar-refractivity contribution is -0.161. The van der Waals surface area contributed by atoms with Crippen LogP contribution in [0.2, 0.25) is 18.1 Å². The van der Waals surface area contributed by atoms with Crippen LogP contribution in [-0.2, 0) is 25.3 Å². The number of hydrogen-bond acceptors (Lipinski definition) is 8. The van der Waals surface area contributed by atoms with Gasteiger partial charge in [0.1, 0.15) is 11.9 Å². The largest absolute Gasteiger partial charge is 0.497 e. The average Bonchev–Trinajstić information content (AvgIpc) is 3.46. The Labute approximate surface area is 321 Å². The first kappa shape index (κ1) is 45.6. The Morgan fingerprint density at radius 2 is 1.73 bits per heavy atom. The summed E-state index contributed by atoms with van der Waals surface area (Å²) in [5.41, 5.74) is 3.02. The van der Waals surface area contributed by atoms with E-state index in [0.29, 0.717) is 13.0 Å². The van der Waals surface area contributed by atoms with E-state index in [1.807, 2.05) is 63.4 Å². The van der Waals surface area contributed by atoms with Crippen LogP contribution in [0.4, 0.5) is 0 Å². The molecule has 292 valence electrons. The molecular formula is C43H69NO6SSi. The number of methoxy groups -OCH3 is 1. The van der Waals surface area contributed by atoms with E-state index < -0.39 is 38.0 Å². The first-order valence-corrected chi connectivity index (χ1v) is 22.6. The Kier molecular flexibility index (Phi) is 17.7. The molecule has 1 N–H and O–H groups in total. The minimum Gasteiger partial charge on any atom is -0.497 e. The van der Waals surface area contributed by atoms with Gasteiger partial charge < -0.3 is 23.7 Å². The second-order valence-electron chi connectivity index (χ2n) is 16.8. The summed E-state index contributed by atoms with van der Waals surface area (Å²) in [5, 5.41) is 14.9. The van der Waals surface area contributed by atoms with Crippen LogP contribution in [-0.4, -0.2) is 55.9 Å². The molecule has 0 unspecified atom stereocenters. The van der Waals surface area contributed by atoms with Crippen molar-refractivity contribution in [1.82, 2.24) is 4.98 Å². The number of allylic oxidation sites excluding steroid dienone is 1. The van der Waals surface area contributed by atoms with Gasteiger partial charge in [-0.25, -0.2) is 4.98 Å². The maximum absolute atomic E-state index is 13.6. The molecule has 0 spiro atoms. The van der Waals surface area contributed by atoms with Crippen molar-refractivity contribution < 1.29 is 28.5 Å². The second kappa shape index (κ2) is 20.2. The minimum atomic E-state index is -2.22. The fraction of sp³-hybridized carbons (Fsp3) is 0.628. The Morgan fingerprint density at radius 1 is 1.10 bits per heavy atom. The molecule has 1 heterocycles. The van der Waals surface area contributed by atoms with Crippen molar-refractivity contribution in [2.24, 2.45) is 17.3 Å². The number of hydrogen-bond donors (Lipinski definition) is 1. The van der Waals surface area contributed by atoms with E-state index in [-0.39, 0.29) is 29.4 Å². The fourth-order valence-electron chi connectivity index (χ4n) is 6.34. The molecule has 0 radical (unpaired) electrons. The van der Waals surface area contributed by atoms with Crippen LogP contribution in [0, 0.1) is 24.2 Å². The Bertz CT molecular complexity index is 1460. The second-order valence-corrected chi connectivity index (χ2v) is 22.7. The molecule has 0 amide bonds. The first-order chi connectivity index (χ1) is 24.1. The molecule has 52 heavy (non-hydrogen) atoms. The van der Waals surface area contributed by atoms with Crippen molar-refractivity contribution in [2.45, 2.75) is 150 Å². The van der Waals surface area contributed by atoms with Gasteiger partial charge in [0.15, 0.2) is 8.32 Å². The molecule has 0 aliphatic rings. The maximum Gasteiger partial charge on any atom is 0.309 e. The SMILES string of the molecule is C=CC[C@H](OC(=O)C[C@H](O)C(C)(C)[C@H](OCc1ccc(OC)cc1)[C@H](C)[C@@H](O[Si](C)(C)C(C)(C)C)[C@@H](C)CCCC(=C)C)/C(C)=C/c1csc(C)n1. The summed E-state index contributed by atoms with van der Waals surface area (Å²) in [5.74, 6) is 0.409. The number of thiazole rings is 1. The summed E-state index contributed by atoms with van der Waals surface area (Å²) < 4.78 is 25.5. The van der Waals surface area contributed by atoms with Gasteiger partial charge in [0.25, 0.3) is 0 Å². The Balaban J connectivity index is 2.46. The molecule has 0 aliphatic heterocycles. The molecule has 0 aliphatic carbocycles. The highest BCUT2D eigenvalue weighted by molar-refractivity contribution is 7.09. The summed E-state index contributed by atoms with van der Waals surface area (Å²) >= 11 is 1.57. The molecular weight excluding hydrogens is 687 g/mol. The predicted octanol–water partition coefficient (Wildman–Crippen LogP) is 11.1. The third-order valence-electron chi connectivity index (χ3n) is 10.8. The molecule has 1 aromatic carbocycles.